The summed E-state index contributed by atoms with van der Waals surface area (Å²) in [6, 6.07) is 8.24. The van der Waals surface area contributed by atoms with Crippen LogP contribution < -0.4 is 10.5 Å². The number of hydrogen-bond donors (Lipinski definition) is 1. The first-order valence-electron chi connectivity index (χ1n) is 7.50. The van der Waals surface area contributed by atoms with Crippen molar-refractivity contribution < 1.29 is 9.53 Å². The number of halogens is 1. The lowest BCUT2D eigenvalue weighted by molar-refractivity contribution is -0.134. The topological polar surface area (TPSA) is 55.6 Å². The average Bonchev–Trinajstić information content (AvgIpc) is 2.45. The molecule has 116 valence electrons. The quantitative estimate of drug-likeness (QED) is 0.827. The Morgan fingerprint density at radius 3 is 2.95 bits per heavy atom. The molecule has 2 N–H and O–H groups in total. The summed E-state index contributed by atoms with van der Waals surface area (Å²) in [7, 11) is 0. The maximum Gasteiger partial charge on any atom is 0.222 e. The van der Waals surface area contributed by atoms with Crippen molar-refractivity contribution in [1.82, 2.24) is 4.90 Å². The van der Waals surface area contributed by atoms with E-state index in [0.29, 0.717) is 13.0 Å². The number of carbonyl (C=O) groups is 1. The zero-order valence-corrected chi connectivity index (χ0v) is 14.0. The number of hydrogen-bond acceptors (Lipinski definition) is 3. The Labute approximate surface area is 134 Å². The number of likely N-dealkylation sites (tertiary alicyclic amines) is 1. The van der Waals surface area contributed by atoms with E-state index >= 15 is 0 Å². The van der Waals surface area contributed by atoms with Crippen LogP contribution in [0.4, 0.5) is 0 Å². The third kappa shape index (κ3) is 4.71. The van der Waals surface area contributed by atoms with Crippen LogP contribution in [0, 0.1) is 0 Å². The molecule has 0 aromatic heterocycles. The summed E-state index contributed by atoms with van der Waals surface area (Å²) >= 11 is 3.44. The fraction of sp³-hybridized carbons (Fsp3) is 0.562. The fourth-order valence-corrected chi connectivity index (χ4v) is 3.09. The van der Waals surface area contributed by atoms with Crippen LogP contribution in [-0.4, -0.2) is 36.0 Å². The molecule has 0 saturated carbocycles. The highest BCUT2D eigenvalue weighted by Gasteiger charge is 2.26. The second-order valence-corrected chi connectivity index (χ2v) is 6.46. The van der Waals surface area contributed by atoms with E-state index in [4.69, 9.17) is 10.5 Å². The Bertz CT molecular complexity index is 481. The van der Waals surface area contributed by atoms with Crippen molar-refractivity contribution in [3.63, 3.8) is 0 Å². The number of nitrogens with two attached hydrogens (primary N) is 1. The van der Waals surface area contributed by atoms with Crippen LogP contribution in [0.25, 0.3) is 0 Å². The predicted molar refractivity (Wildman–Crippen MR) is 87.3 cm³/mol. The molecule has 0 radical (unpaired) electrons. The summed E-state index contributed by atoms with van der Waals surface area (Å²) in [6.07, 6.45) is 3.07. The van der Waals surface area contributed by atoms with E-state index in [2.05, 4.69) is 22.9 Å². The molecule has 1 aliphatic heterocycles. The van der Waals surface area contributed by atoms with Gasteiger partial charge < -0.3 is 15.4 Å². The zero-order valence-electron chi connectivity index (χ0n) is 12.4. The summed E-state index contributed by atoms with van der Waals surface area (Å²) in [6.45, 7) is 3.41. The van der Waals surface area contributed by atoms with Gasteiger partial charge in [-0.25, -0.2) is 0 Å². The Hall–Kier alpha value is -1.07. The van der Waals surface area contributed by atoms with Crippen molar-refractivity contribution in [3.05, 3.63) is 28.7 Å². The third-order valence-corrected chi connectivity index (χ3v) is 4.52. The molecule has 1 heterocycles. The van der Waals surface area contributed by atoms with Crippen LogP contribution in [0.2, 0.25) is 0 Å². The first-order valence-corrected chi connectivity index (χ1v) is 8.29. The molecule has 1 amide bonds. The molecule has 5 heteroatoms. The number of piperidine rings is 1. The Kier molecular flexibility index (Phi) is 6.06. The molecular weight excluding hydrogens is 332 g/mol. The summed E-state index contributed by atoms with van der Waals surface area (Å²) < 4.78 is 6.62. The molecule has 1 aromatic rings. The molecule has 0 aliphatic carbocycles. The molecule has 1 aliphatic rings. The number of carbonyl (C=O) groups excluding carboxylic acids is 1. The number of benzene rings is 1. The Morgan fingerprint density at radius 2 is 2.24 bits per heavy atom. The van der Waals surface area contributed by atoms with Crippen LogP contribution in [0.1, 0.15) is 32.6 Å². The maximum atomic E-state index is 12.2. The Morgan fingerprint density at radius 1 is 1.48 bits per heavy atom. The normalized spacial score (nSPS) is 22.1. The molecule has 2 rings (SSSR count). The minimum atomic E-state index is 0.213. The van der Waals surface area contributed by atoms with E-state index in [1.807, 2.05) is 29.2 Å². The van der Waals surface area contributed by atoms with Gasteiger partial charge in [-0.2, -0.15) is 0 Å². The molecule has 4 nitrogen and oxygen atoms in total. The highest BCUT2D eigenvalue weighted by Crippen LogP contribution is 2.24. The van der Waals surface area contributed by atoms with Gasteiger partial charge >= 0.3 is 0 Å². The monoisotopic (exact) mass is 354 g/mol. The van der Waals surface area contributed by atoms with Gasteiger partial charge in [0.2, 0.25) is 5.91 Å². The molecule has 2 unspecified atom stereocenters. The SMILES string of the molecule is CC1CC(N)CCN1C(=O)CCCOc1ccccc1Br. The van der Waals surface area contributed by atoms with Gasteiger partial charge in [-0.05, 0) is 54.2 Å². The Balaban J connectivity index is 1.71. The van der Waals surface area contributed by atoms with Crippen LogP contribution >= 0.6 is 15.9 Å². The number of amides is 1. The molecule has 2 atom stereocenters. The van der Waals surface area contributed by atoms with Crippen molar-refractivity contribution >= 4 is 21.8 Å². The predicted octanol–water partition coefficient (Wildman–Crippen LogP) is 2.95. The van der Waals surface area contributed by atoms with E-state index in [-0.39, 0.29) is 18.0 Å². The molecule has 1 fully saturated rings. The molecule has 0 bridgehead atoms. The van der Waals surface area contributed by atoms with Gasteiger partial charge in [0, 0.05) is 25.0 Å². The summed E-state index contributed by atoms with van der Waals surface area (Å²) in [5.74, 6) is 1.03. The molecule has 1 aromatic carbocycles. The van der Waals surface area contributed by atoms with Gasteiger partial charge in [0.25, 0.3) is 0 Å². The van der Waals surface area contributed by atoms with Gasteiger partial charge in [0.1, 0.15) is 5.75 Å². The zero-order chi connectivity index (χ0) is 15.2. The first-order chi connectivity index (χ1) is 10.1. The van der Waals surface area contributed by atoms with Crippen LogP contribution in [-0.2, 0) is 4.79 Å². The van der Waals surface area contributed by atoms with Gasteiger partial charge in [0.15, 0.2) is 0 Å². The molecular formula is C16H23BrN2O2. The molecule has 21 heavy (non-hydrogen) atoms. The van der Waals surface area contributed by atoms with Crippen LogP contribution in [0.15, 0.2) is 28.7 Å². The first kappa shape index (κ1) is 16.3. The van der Waals surface area contributed by atoms with E-state index in [1.165, 1.54) is 0 Å². The van der Waals surface area contributed by atoms with Crippen molar-refractivity contribution in [2.75, 3.05) is 13.2 Å². The van der Waals surface area contributed by atoms with Crippen molar-refractivity contribution in [3.8, 4) is 5.75 Å². The minimum absolute atomic E-state index is 0.213. The van der Waals surface area contributed by atoms with Gasteiger partial charge in [-0.15, -0.1) is 0 Å². The van der Waals surface area contributed by atoms with Crippen LogP contribution in [0.3, 0.4) is 0 Å². The molecule has 1 saturated heterocycles. The number of rotatable bonds is 5. The number of para-hydroxylation sites is 1. The van der Waals surface area contributed by atoms with E-state index in [0.717, 1.165) is 36.0 Å². The second-order valence-electron chi connectivity index (χ2n) is 5.60. The largest absolute Gasteiger partial charge is 0.492 e. The highest BCUT2D eigenvalue weighted by molar-refractivity contribution is 9.10. The lowest BCUT2D eigenvalue weighted by Crippen LogP contribution is -2.48. The van der Waals surface area contributed by atoms with E-state index in [1.54, 1.807) is 0 Å². The minimum Gasteiger partial charge on any atom is -0.492 e. The lowest BCUT2D eigenvalue weighted by Gasteiger charge is -2.36. The second kappa shape index (κ2) is 7.80. The van der Waals surface area contributed by atoms with Gasteiger partial charge in [-0.3, -0.25) is 4.79 Å². The van der Waals surface area contributed by atoms with Crippen molar-refractivity contribution in [2.45, 2.75) is 44.7 Å². The van der Waals surface area contributed by atoms with Crippen LogP contribution in [0.5, 0.6) is 5.75 Å². The summed E-state index contributed by atoms with van der Waals surface area (Å²) in [4.78, 5) is 14.2. The maximum absolute atomic E-state index is 12.2. The van der Waals surface area contributed by atoms with Gasteiger partial charge in [-0.1, -0.05) is 12.1 Å². The lowest BCUT2D eigenvalue weighted by atomic mass is 9.98. The average molecular weight is 355 g/mol. The number of nitrogens with zero attached hydrogens (tertiary/aromatic N) is 1. The third-order valence-electron chi connectivity index (χ3n) is 3.87. The van der Waals surface area contributed by atoms with Crippen molar-refractivity contribution in [2.24, 2.45) is 5.73 Å². The standard InChI is InChI=1S/C16H23BrN2O2/c1-12-11-13(18)8-9-19(12)16(20)7-4-10-21-15-6-3-2-5-14(15)17/h2-3,5-6,12-13H,4,7-11,18H2,1H3. The van der Waals surface area contributed by atoms with E-state index < -0.39 is 0 Å². The number of ether oxygens (including phenoxy) is 1. The summed E-state index contributed by atoms with van der Waals surface area (Å²) in [5.41, 5.74) is 5.93. The van der Waals surface area contributed by atoms with E-state index in [9.17, 15) is 4.79 Å². The highest BCUT2D eigenvalue weighted by atomic mass is 79.9. The summed E-state index contributed by atoms with van der Waals surface area (Å²) in [5, 5.41) is 0. The van der Waals surface area contributed by atoms with Gasteiger partial charge in [0.05, 0.1) is 11.1 Å². The fourth-order valence-electron chi connectivity index (χ4n) is 2.69. The smallest absolute Gasteiger partial charge is 0.222 e. The molecule has 0 spiro atoms. The van der Waals surface area contributed by atoms with Crippen molar-refractivity contribution in [1.29, 1.82) is 0 Å².